The standard InChI is InChI=1S/C6H6ClF2NS/c7-4-1-5(11-2-4)6(8,9)3-10/h1-2H,3,10H2. The van der Waals surface area contributed by atoms with Gasteiger partial charge in [-0.3, -0.25) is 0 Å². The molecule has 0 aliphatic carbocycles. The summed E-state index contributed by atoms with van der Waals surface area (Å²) in [6.45, 7) is -0.677. The Bertz CT molecular complexity index is 248. The molecule has 1 nitrogen and oxygen atoms in total. The quantitative estimate of drug-likeness (QED) is 0.775. The normalized spacial score (nSPS) is 12.0. The molecule has 0 radical (unpaired) electrons. The van der Waals surface area contributed by atoms with Crippen LogP contribution in [0.4, 0.5) is 8.78 Å². The Hall–Kier alpha value is -0.190. The summed E-state index contributed by atoms with van der Waals surface area (Å²) in [6, 6.07) is 1.24. The molecule has 0 aliphatic rings. The maximum atomic E-state index is 12.7. The van der Waals surface area contributed by atoms with Gasteiger partial charge in [0.2, 0.25) is 0 Å². The molecule has 62 valence electrons. The van der Waals surface area contributed by atoms with Crippen LogP contribution in [0, 0.1) is 0 Å². The zero-order valence-electron chi connectivity index (χ0n) is 5.48. The molecule has 0 atom stereocenters. The summed E-state index contributed by atoms with van der Waals surface area (Å²) in [6.07, 6.45) is 0. The lowest BCUT2D eigenvalue weighted by Crippen LogP contribution is -2.23. The molecule has 0 unspecified atom stereocenters. The summed E-state index contributed by atoms with van der Waals surface area (Å²) in [4.78, 5) is -0.0787. The molecule has 0 aromatic carbocycles. The van der Waals surface area contributed by atoms with Gasteiger partial charge in [0.15, 0.2) is 0 Å². The number of hydrogen-bond donors (Lipinski definition) is 1. The van der Waals surface area contributed by atoms with E-state index in [2.05, 4.69) is 0 Å². The van der Waals surface area contributed by atoms with E-state index in [0.29, 0.717) is 5.02 Å². The smallest absolute Gasteiger partial charge is 0.294 e. The van der Waals surface area contributed by atoms with Crippen molar-refractivity contribution in [3.05, 3.63) is 21.3 Å². The van der Waals surface area contributed by atoms with E-state index in [4.69, 9.17) is 17.3 Å². The van der Waals surface area contributed by atoms with E-state index in [1.54, 1.807) is 0 Å². The van der Waals surface area contributed by atoms with E-state index >= 15 is 0 Å². The van der Waals surface area contributed by atoms with Gasteiger partial charge in [0.1, 0.15) is 0 Å². The lowest BCUT2D eigenvalue weighted by molar-refractivity contribution is 0.00990. The number of alkyl halides is 2. The minimum Gasteiger partial charge on any atom is -0.325 e. The van der Waals surface area contributed by atoms with Crippen molar-refractivity contribution in [3.63, 3.8) is 0 Å². The maximum Gasteiger partial charge on any atom is 0.294 e. The molecule has 1 rings (SSSR count). The second kappa shape index (κ2) is 3.05. The first-order valence-corrected chi connectivity index (χ1v) is 4.14. The first-order chi connectivity index (χ1) is 5.06. The molecule has 0 fully saturated rings. The van der Waals surface area contributed by atoms with Gasteiger partial charge >= 0.3 is 0 Å². The first-order valence-electron chi connectivity index (χ1n) is 2.88. The van der Waals surface area contributed by atoms with Crippen molar-refractivity contribution in [1.82, 2.24) is 0 Å². The fourth-order valence-electron chi connectivity index (χ4n) is 0.605. The van der Waals surface area contributed by atoms with Crippen LogP contribution in [-0.2, 0) is 5.92 Å². The minimum absolute atomic E-state index is 0.0787. The topological polar surface area (TPSA) is 26.0 Å². The van der Waals surface area contributed by atoms with Crippen molar-refractivity contribution in [3.8, 4) is 0 Å². The van der Waals surface area contributed by atoms with Crippen LogP contribution in [-0.4, -0.2) is 6.54 Å². The van der Waals surface area contributed by atoms with Crippen molar-refractivity contribution in [2.45, 2.75) is 5.92 Å². The Morgan fingerprint density at radius 1 is 1.64 bits per heavy atom. The van der Waals surface area contributed by atoms with Gasteiger partial charge < -0.3 is 5.73 Å². The van der Waals surface area contributed by atoms with E-state index in [9.17, 15) is 8.78 Å². The van der Waals surface area contributed by atoms with Crippen LogP contribution in [0.1, 0.15) is 4.88 Å². The number of nitrogens with two attached hydrogens (primary N) is 1. The average molecular weight is 198 g/mol. The van der Waals surface area contributed by atoms with Crippen molar-refractivity contribution >= 4 is 22.9 Å². The molecular weight excluding hydrogens is 192 g/mol. The molecule has 1 heterocycles. The van der Waals surface area contributed by atoms with Gasteiger partial charge in [-0.05, 0) is 6.07 Å². The van der Waals surface area contributed by atoms with Crippen molar-refractivity contribution in [2.75, 3.05) is 6.54 Å². The molecule has 2 N–H and O–H groups in total. The number of thiophene rings is 1. The van der Waals surface area contributed by atoms with Crippen LogP contribution in [0.2, 0.25) is 5.02 Å². The average Bonchev–Trinajstić information content (AvgIpc) is 2.36. The lowest BCUT2D eigenvalue weighted by atomic mass is 10.3. The predicted molar refractivity (Wildman–Crippen MR) is 42.3 cm³/mol. The zero-order valence-corrected chi connectivity index (χ0v) is 7.05. The molecule has 0 saturated carbocycles. The zero-order chi connectivity index (χ0) is 8.48. The molecule has 5 heteroatoms. The van der Waals surface area contributed by atoms with Crippen LogP contribution >= 0.6 is 22.9 Å². The van der Waals surface area contributed by atoms with Crippen molar-refractivity contribution in [2.24, 2.45) is 5.73 Å². The van der Waals surface area contributed by atoms with E-state index in [0.717, 1.165) is 11.3 Å². The SMILES string of the molecule is NCC(F)(F)c1cc(Cl)cs1. The molecule has 1 aromatic heterocycles. The van der Waals surface area contributed by atoms with E-state index < -0.39 is 12.5 Å². The third-order valence-electron chi connectivity index (χ3n) is 1.18. The summed E-state index contributed by atoms with van der Waals surface area (Å²) in [7, 11) is 0. The monoisotopic (exact) mass is 197 g/mol. The number of halogens is 3. The summed E-state index contributed by atoms with van der Waals surface area (Å²) < 4.78 is 25.5. The van der Waals surface area contributed by atoms with Crippen molar-refractivity contribution < 1.29 is 8.78 Å². The van der Waals surface area contributed by atoms with Gasteiger partial charge in [0.05, 0.1) is 16.4 Å². The number of hydrogen-bond acceptors (Lipinski definition) is 2. The van der Waals surface area contributed by atoms with Gasteiger partial charge in [-0.2, -0.15) is 8.78 Å². The van der Waals surface area contributed by atoms with Crippen molar-refractivity contribution in [1.29, 1.82) is 0 Å². The highest BCUT2D eigenvalue weighted by Crippen LogP contribution is 2.33. The van der Waals surface area contributed by atoms with E-state index in [1.165, 1.54) is 11.4 Å². The highest BCUT2D eigenvalue weighted by molar-refractivity contribution is 7.10. The molecule has 1 aromatic rings. The van der Waals surface area contributed by atoms with Gasteiger partial charge in [-0.25, -0.2) is 0 Å². The Morgan fingerprint density at radius 2 is 2.27 bits per heavy atom. The Kier molecular flexibility index (Phi) is 2.47. The molecule has 0 spiro atoms. The fourth-order valence-corrected chi connectivity index (χ4v) is 1.67. The Labute approximate surface area is 71.8 Å². The second-order valence-corrected chi connectivity index (χ2v) is 3.39. The molecular formula is C6H6ClF2NS. The maximum absolute atomic E-state index is 12.7. The Balaban J connectivity index is 2.92. The van der Waals surface area contributed by atoms with Crippen LogP contribution in [0.5, 0.6) is 0 Å². The third kappa shape index (κ3) is 1.89. The van der Waals surface area contributed by atoms with Crippen LogP contribution in [0.25, 0.3) is 0 Å². The van der Waals surface area contributed by atoms with Gasteiger partial charge in [0, 0.05) is 5.38 Å². The van der Waals surface area contributed by atoms with Gasteiger partial charge in [-0.15, -0.1) is 11.3 Å². The van der Waals surface area contributed by atoms with Crippen LogP contribution in [0.15, 0.2) is 11.4 Å². The Morgan fingerprint density at radius 3 is 2.64 bits per heavy atom. The van der Waals surface area contributed by atoms with Crippen LogP contribution in [0.3, 0.4) is 0 Å². The highest BCUT2D eigenvalue weighted by Gasteiger charge is 2.30. The largest absolute Gasteiger partial charge is 0.325 e. The van der Waals surface area contributed by atoms with Crippen LogP contribution < -0.4 is 5.73 Å². The molecule has 0 bridgehead atoms. The summed E-state index contributed by atoms with van der Waals surface area (Å²) in [5.41, 5.74) is 4.86. The fraction of sp³-hybridized carbons (Fsp3) is 0.333. The molecule has 0 aliphatic heterocycles. The summed E-state index contributed by atoms with van der Waals surface area (Å²) in [5, 5.41) is 1.79. The molecule has 11 heavy (non-hydrogen) atoms. The van der Waals surface area contributed by atoms with Gasteiger partial charge in [-0.1, -0.05) is 11.6 Å². The van der Waals surface area contributed by atoms with Gasteiger partial charge in [0.25, 0.3) is 5.92 Å². The molecule has 0 saturated heterocycles. The lowest BCUT2D eigenvalue weighted by Gasteiger charge is -2.09. The van der Waals surface area contributed by atoms with E-state index in [-0.39, 0.29) is 4.88 Å². The third-order valence-corrected chi connectivity index (χ3v) is 2.57. The number of rotatable bonds is 2. The predicted octanol–water partition coefficient (Wildman–Crippen LogP) is 2.45. The van der Waals surface area contributed by atoms with E-state index in [1.807, 2.05) is 0 Å². The highest BCUT2D eigenvalue weighted by atomic mass is 35.5. The summed E-state index contributed by atoms with van der Waals surface area (Å²) in [5.74, 6) is -2.93. The first kappa shape index (κ1) is 8.90. The molecule has 0 amide bonds. The minimum atomic E-state index is -2.93. The second-order valence-electron chi connectivity index (χ2n) is 2.04. The summed E-state index contributed by atoms with van der Waals surface area (Å²) >= 11 is 6.38.